The Kier molecular flexibility index (Phi) is 5.23. The molecule has 0 unspecified atom stereocenters. The van der Waals surface area contributed by atoms with Crippen molar-refractivity contribution in [1.82, 2.24) is 4.90 Å². The van der Waals surface area contributed by atoms with Crippen molar-refractivity contribution < 1.29 is 9.53 Å². The molecule has 1 fully saturated rings. The Labute approximate surface area is 127 Å². The number of rotatable bonds is 6. The highest BCUT2D eigenvalue weighted by Crippen LogP contribution is 2.38. The van der Waals surface area contributed by atoms with E-state index in [1.54, 1.807) is 4.90 Å². The second kappa shape index (κ2) is 6.94. The average molecular weight is 290 g/mol. The monoisotopic (exact) mass is 290 g/mol. The fraction of sp³-hybridized carbons (Fsp3) is 0.588. The van der Waals surface area contributed by atoms with E-state index in [-0.39, 0.29) is 11.3 Å². The quantitative estimate of drug-likeness (QED) is 0.875. The molecule has 1 aromatic rings. The molecule has 0 saturated heterocycles. The average Bonchev–Trinajstić information content (AvgIpc) is 2.98. The first kappa shape index (κ1) is 15.8. The van der Waals surface area contributed by atoms with Crippen molar-refractivity contribution in [2.24, 2.45) is 11.1 Å². The van der Waals surface area contributed by atoms with Crippen LogP contribution in [0.5, 0.6) is 5.75 Å². The zero-order chi connectivity index (χ0) is 15.3. The molecule has 0 bridgehead atoms. The lowest BCUT2D eigenvalue weighted by atomic mass is 9.85. The summed E-state index contributed by atoms with van der Waals surface area (Å²) in [6.07, 6.45) is 4.06. The standard InChI is InChI=1S/C17H26N2O2/c1-14-5-7-15(8-6-14)21-12-11-19(2)16(20)17(13-18)9-3-4-10-17/h5-8H,3-4,9-13,18H2,1-2H3. The maximum atomic E-state index is 12.6. The summed E-state index contributed by atoms with van der Waals surface area (Å²) in [7, 11) is 1.84. The molecule has 1 aliphatic carbocycles. The number of aryl methyl sites for hydroxylation is 1. The third-order valence-corrected chi connectivity index (χ3v) is 4.47. The predicted octanol–water partition coefficient (Wildman–Crippen LogP) is 2.35. The van der Waals surface area contributed by atoms with Gasteiger partial charge in [-0.25, -0.2) is 0 Å². The van der Waals surface area contributed by atoms with Gasteiger partial charge < -0.3 is 15.4 Å². The molecule has 1 amide bonds. The number of ether oxygens (including phenoxy) is 1. The molecular formula is C17H26N2O2. The summed E-state index contributed by atoms with van der Waals surface area (Å²) in [6.45, 7) is 3.60. The lowest BCUT2D eigenvalue weighted by Crippen LogP contribution is -2.46. The fourth-order valence-corrected chi connectivity index (χ4v) is 3.00. The summed E-state index contributed by atoms with van der Waals surface area (Å²) in [4.78, 5) is 14.3. The highest BCUT2D eigenvalue weighted by atomic mass is 16.5. The van der Waals surface area contributed by atoms with Crippen LogP contribution in [0.15, 0.2) is 24.3 Å². The maximum Gasteiger partial charge on any atom is 0.229 e. The molecule has 116 valence electrons. The van der Waals surface area contributed by atoms with E-state index in [0.717, 1.165) is 31.4 Å². The van der Waals surface area contributed by atoms with Crippen LogP contribution in [-0.4, -0.2) is 37.6 Å². The Morgan fingerprint density at radius 3 is 2.48 bits per heavy atom. The summed E-state index contributed by atoms with van der Waals surface area (Å²) in [5.74, 6) is 1.02. The number of nitrogens with zero attached hydrogens (tertiary/aromatic N) is 1. The number of carbonyl (C=O) groups excluding carboxylic acids is 1. The van der Waals surface area contributed by atoms with Gasteiger partial charge in [-0.1, -0.05) is 30.5 Å². The number of likely N-dealkylation sites (N-methyl/N-ethyl adjacent to an activating group) is 1. The molecule has 4 heteroatoms. The Hall–Kier alpha value is -1.55. The Morgan fingerprint density at radius 2 is 1.90 bits per heavy atom. The topological polar surface area (TPSA) is 55.6 Å². The molecule has 1 saturated carbocycles. The number of amides is 1. The minimum atomic E-state index is -0.321. The molecule has 4 nitrogen and oxygen atoms in total. The Balaban J connectivity index is 1.82. The second-order valence-electron chi connectivity index (χ2n) is 6.08. The van der Waals surface area contributed by atoms with Crippen molar-refractivity contribution in [2.45, 2.75) is 32.6 Å². The first-order chi connectivity index (χ1) is 10.1. The minimum Gasteiger partial charge on any atom is -0.492 e. The van der Waals surface area contributed by atoms with Gasteiger partial charge in [0.15, 0.2) is 0 Å². The van der Waals surface area contributed by atoms with Crippen molar-refractivity contribution in [2.75, 3.05) is 26.7 Å². The smallest absolute Gasteiger partial charge is 0.229 e. The third kappa shape index (κ3) is 3.76. The Bertz CT molecular complexity index is 464. The number of carbonyl (C=O) groups is 1. The Morgan fingerprint density at radius 1 is 1.29 bits per heavy atom. The van der Waals surface area contributed by atoms with Gasteiger partial charge in [0, 0.05) is 13.6 Å². The lowest BCUT2D eigenvalue weighted by Gasteiger charge is -2.31. The van der Waals surface area contributed by atoms with Crippen molar-refractivity contribution in [3.05, 3.63) is 29.8 Å². The van der Waals surface area contributed by atoms with Crippen molar-refractivity contribution >= 4 is 5.91 Å². The molecule has 1 aliphatic rings. The molecule has 0 atom stereocenters. The van der Waals surface area contributed by atoms with Crippen LogP contribution in [0, 0.1) is 12.3 Å². The van der Waals surface area contributed by atoms with Gasteiger partial charge in [0.25, 0.3) is 0 Å². The maximum absolute atomic E-state index is 12.6. The fourth-order valence-electron chi connectivity index (χ4n) is 3.00. The van der Waals surface area contributed by atoms with Gasteiger partial charge in [-0.2, -0.15) is 0 Å². The lowest BCUT2D eigenvalue weighted by molar-refractivity contribution is -0.140. The van der Waals surface area contributed by atoms with Crippen LogP contribution in [0.3, 0.4) is 0 Å². The van der Waals surface area contributed by atoms with E-state index in [9.17, 15) is 4.79 Å². The van der Waals surface area contributed by atoms with Crippen LogP contribution in [0.4, 0.5) is 0 Å². The largest absolute Gasteiger partial charge is 0.492 e. The first-order valence-corrected chi connectivity index (χ1v) is 7.72. The molecule has 0 aromatic heterocycles. The van der Waals surface area contributed by atoms with E-state index in [1.165, 1.54) is 5.56 Å². The zero-order valence-corrected chi connectivity index (χ0v) is 13.1. The first-order valence-electron chi connectivity index (χ1n) is 7.72. The van der Waals surface area contributed by atoms with Crippen molar-refractivity contribution in [3.63, 3.8) is 0 Å². The van der Waals surface area contributed by atoms with Crippen LogP contribution in [0.1, 0.15) is 31.2 Å². The summed E-state index contributed by atoms with van der Waals surface area (Å²) >= 11 is 0. The van der Waals surface area contributed by atoms with Crippen molar-refractivity contribution in [3.8, 4) is 5.75 Å². The molecule has 0 heterocycles. The number of benzene rings is 1. The molecule has 2 rings (SSSR count). The van der Waals surface area contributed by atoms with E-state index < -0.39 is 0 Å². The van der Waals surface area contributed by atoms with E-state index in [1.807, 2.05) is 38.2 Å². The summed E-state index contributed by atoms with van der Waals surface area (Å²) in [6, 6.07) is 7.95. The number of hydrogen-bond acceptors (Lipinski definition) is 3. The molecule has 0 radical (unpaired) electrons. The van der Waals surface area contributed by atoms with Crippen LogP contribution in [0.2, 0.25) is 0 Å². The van der Waals surface area contributed by atoms with E-state index in [0.29, 0.717) is 19.7 Å². The second-order valence-corrected chi connectivity index (χ2v) is 6.08. The van der Waals surface area contributed by atoms with Crippen LogP contribution in [-0.2, 0) is 4.79 Å². The van der Waals surface area contributed by atoms with E-state index >= 15 is 0 Å². The molecule has 2 N–H and O–H groups in total. The molecular weight excluding hydrogens is 264 g/mol. The van der Waals surface area contributed by atoms with E-state index in [2.05, 4.69) is 0 Å². The molecule has 0 spiro atoms. The van der Waals surface area contributed by atoms with Gasteiger partial charge in [-0.05, 0) is 31.9 Å². The predicted molar refractivity (Wildman–Crippen MR) is 84.3 cm³/mol. The summed E-state index contributed by atoms with van der Waals surface area (Å²) < 4.78 is 5.69. The molecule has 1 aromatic carbocycles. The van der Waals surface area contributed by atoms with E-state index in [4.69, 9.17) is 10.5 Å². The summed E-state index contributed by atoms with van der Waals surface area (Å²) in [5, 5.41) is 0. The SMILES string of the molecule is Cc1ccc(OCCN(C)C(=O)C2(CN)CCCC2)cc1. The molecule has 0 aliphatic heterocycles. The number of hydrogen-bond donors (Lipinski definition) is 1. The number of nitrogens with two attached hydrogens (primary N) is 1. The van der Waals surface area contributed by atoms with Gasteiger partial charge in [-0.3, -0.25) is 4.79 Å². The van der Waals surface area contributed by atoms with Gasteiger partial charge in [0.2, 0.25) is 5.91 Å². The van der Waals surface area contributed by atoms with Gasteiger partial charge in [-0.15, -0.1) is 0 Å². The highest BCUT2D eigenvalue weighted by molar-refractivity contribution is 5.83. The summed E-state index contributed by atoms with van der Waals surface area (Å²) in [5.41, 5.74) is 6.75. The van der Waals surface area contributed by atoms with Crippen LogP contribution in [0.25, 0.3) is 0 Å². The van der Waals surface area contributed by atoms with Crippen LogP contribution < -0.4 is 10.5 Å². The normalized spacial score (nSPS) is 16.7. The molecule has 21 heavy (non-hydrogen) atoms. The van der Waals surface area contributed by atoms with Crippen molar-refractivity contribution in [1.29, 1.82) is 0 Å². The minimum absolute atomic E-state index is 0.176. The third-order valence-electron chi connectivity index (χ3n) is 4.47. The zero-order valence-electron chi connectivity index (χ0n) is 13.1. The van der Waals surface area contributed by atoms with Gasteiger partial charge in [0.05, 0.1) is 12.0 Å². The van der Waals surface area contributed by atoms with Crippen LogP contribution >= 0.6 is 0 Å². The highest BCUT2D eigenvalue weighted by Gasteiger charge is 2.41. The van der Waals surface area contributed by atoms with Gasteiger partial charge in [0.1, 0.15) is 12.4 Å². The van der Waals surface area contributed by atoms with Gasteiger partial charge >= 0.3 is 0 Å².